The minimum atomic E-state index is 1.04. The molecule has 0 N–H and O–H groups in total. The summed E-state index contributed by atoms with van der Waals surface area (Å²) in [7, 11) is 0. The molecule has 0 aliphatic rings. The van der Waals surface area contributed by atoms with E-state index in [-0.39, 0.29) is 0 Å². The molecule has 7 aromatic rings. The lowest BCUT2D eigenvalue weighted by molar-refractivity contribution is 1.41. The molecule has 1 heteroatoms. The van der Waals surface area contributed by atoms with Crippen LogP contribution in [0.2, 0.25) is 0 Å². The molecule has 0 bridgehead atoms. The van der Waals surface area contributed by atoms with E-state index in [2.05, 4.69) is 115 Å². The van der Waals surface area contributed by atoms with Crippen LogP contribution in [-0.4, -0.2) is 4.98 Å². The lowest BCUT2D eigenvalue weighted by Crippen LogP contribution is -1.91. The Balaban J connectivity index is 1.59. The number of aromatic nitrogens is 1. The second-order valence-electron chi connectivity index (χ2n) is 8.78. The summed E-state index contributed by atoms with van der Waals surface area (Å²) in [6.45, 7) is 0. The highest BCUT2D eigenvalue weighted by molar-refractivity contribution is 6.24. The van der Waals surface area contributed by atoms with Crippen molar-refractivity contribution in [3.63, 3.8) is 0 Å². The van der Waals surface area contributed by atoms with Gasteiger partial charge in [-0.3, -0.25) is 4.98 Å². The van der Waals surface area contributed by atoms with Gasteiger partial charge in [0.25, 0.3) is 0 Å². The Labute approximate surface area is 197 Å². The second-order valence-corrected chi connectivity index (χ2v) is 8.78. The third-order valence-electron chi connectivity index (χ3n) is 6.89. The van der Waals surface area contributed by atoms with Crippen LogP contribution in [0, 0.1) is 0 Å². The van der Waals surface area contributed by atoms with E-state index in [1.807, 2.05) is 12.3 Å². The predicted octanol–water partition coefficient (Wildman–Crippen LogP) is 9.03. The zero-order valence-corrected chi connectivity index (χ0v) is 18.6. The summed E-state index contributed by atoms with van der Waals surface area (Å²) in [6, 6.07) is 43.5. The molecule has 0 unspecified atom stereocenters. The van der Waals surface area contributed by atoms with E-state index in [4.69, 9.17) is 4.98 Å². The summed E-state index contributed by atoms with van der Waals surface area (Å²) in [6.07, 6.45) is 1.90. The van der Waals surface area contributed by atoms with Gasteiger partial charge in [-0.25, -0.2) is 0 Å². The second kappa shape index (κ2) is 7.54. The average Bonchev–Trinajstić information content (AvgIpc) is 2.92. The summed E-state index contributed by atoms with van der Waals surface area (Å²) < 4.78 is 0. The molecular formula is C33H21N. The highest BCUT2D eigenvalue weighted by atomic mass is 14.7. The minimum Gasteiger partial charge on any atom is -0.256 e. The number of hydrogen-bond acceptors (Lipinski definition) is 1. The number of rotatable bonds is 2. The van der Waals surface area contributed by atoms with Crippen LogP contribution in [0.15, 0.2) is 128 Å². The van der Waals surface area contributed by atoms with E-state index in [1.165, 1.54) is 60.0 Å². The molecule has 1 heterocycles. The first-order valence-corrected chi connectivity index (χ1v) is 11.7. The molecule has 0 radical (unpaired) electrons. The van der Waals surface area contributed by atoms with Gasteiger partial charge in [0, 0.05) is 17.1 Å². The van der Waals surface area contributed by atoms with Crippen molar-refractivity contribution >= 4 is 43.2 Å². The van der Waals surface area contributed by atoms with Gasteiger partial charge in [0.15, 0.2) is 0 Å². The van der Waals surface area contributed by atoms with E-state index in [9.17, 15) is 0 Å². The molecule has 0 fully saturated rings. The smallest absolute Gasteiger partial charge is 0.0786 e. The first-order chi connectivity index (χ1) is 16.9. The number of benzene rings is 6. The topological polar surface area (TPSA) is 12.9 Å². The fourth-order valence-electron chi connectivity index (χ4n) is 5.36. The van der Waals surface area contributed by atoms with E-state index in [1.54, 1.807) is 0 Å². The quantitative estimate of drug-likeness (QED) is 0.249. The molecule has 158 valence electrons. The van der Waals surface area contributed by atoms with Crippen LogP contribution in [-0.2, 0) is 0 Å². The van der Waals surface area contributed by atoms with Gasteiger partial charge in [-0.15, -0.1) is 0 Å². The lowest BCUT2D eigenvalue weighted by Gasteiger charge is -2.16. The standard InChI is InChI=1S/C33H21N/c1-2-9-22(10-3-1)25-18-19-30(33-29(25)15-8-20-34-33)31-21-24-17-16-23-11-4-5-12-26(23)32(24)28-14-7-6-13-27(28)31/h1-21H. The molecule has 0 aliphatic carbocycles. The maximum absolute atomic E-state index is 4.88. The molecule has 1 aromatic heterocycles. The molecule has 34 heavy (non-hydrogen) atoms. The van der Waals surface area contributed by atoms with Crippen molar-refractivity contribution in [1.82, 2.24) is 4.98 Å². The van der Waals surface area contributed by atoms with Crippen LogP contribution < -0.4 is 0 Å². The number of fused-ring (bicyclic) bond motifs is 6. The van der Waals surface area contributed by atoms with Gasteiger partial charge >= 0.3 is 0 Å². The highest BCUT2D eigenvalue weighted by Gasteiger charge is 2.15. The van der Waals surface area contributed by atoms with Gasteiger partial charge < -0.3 is 0 Å². The molecular weight excluding hydrogens is 410 g/mol. The molecule has 6 aromatic carbocycles. The SMILES string of the molecule is c1ccc(-c2ccc(-c3cc4ccc5ccccc5c4c4ccccc34)c3ncccc23)cc1. The highest BCUT2D eigenvalue weighted by Crippen LogP contribution is 2.41. The van der Waals surface area contributed by atoms with Crippen molar-refractivity contribution in [2.75, 3.05) is 0 Å². The Hall–Kier alpha value is -4.49. The Morgan fingerprint density at radius 1 is 0.412 bits per heavy atom. The third-order valence-corrected chi connectivity index (χ3v) is 6.89. The van der Waals surface area contributed by atoms with Crippen molar-refractivity contribution in [1.29, 1.82) is 0 Å². The fraction of sp³-hybridized carbons (Fsp3) is 0. The van der Waals surface area contributed by atoms with E-state index in [0.717, 1.165) is 5.52 Å². The monoisotopic (exact) mass is 431 g/mol. The van der Waals surface area contributed by atoms with Gasteiger partial charge in [0.05, 0.1) is 5.52 Å². The Kier molecular flexibility index (Phi) is 4.22. The fourth-order valence-corrected chi connectivity index (χ4v) is 5.36. The molecule has 1 nitrogen and oxygen atoms in total. The van der Waals surface area contributed by atoms with Crippen molar-refractivity contribution in [3.8, 4) is 22.3 Å². The predicted molar refractivity (Wildman–Crippen MR) is 145 cm³/mol. The van der Waals surface area contributed by atoms with Crippen LogP contribution in [0.4, 0.5) is 0 Å². The normalized spacial score (nSPS) is 11.5. The Morgan fingerprint density at radius 3 is 1.97 bits per heavy atom. The summed E-state index contributed by atoms with van der Waals surface area (Å²) in [5.74, 6) is 0. The minimum absolute atomic E-state index is 1.04. The zero-order chi connectivity index (χ0) is 22.5. The van der Waals surface area contributed by atoms with Crippen LogP contribution >= 0.6 is 0 Å². The summed E-state index contributed by atoms with van der Waals surface area (Å²) in [4.78, 5) is 4.88. The Bertz CT molecular complexity index is 1850. The molecule has 7 rings (SSSR count). The third kappa shape index (κ3) is 2.84. The number of nitrogens with zero attached hydrogens (tertiary/aromatic N) is 1. The first kappa shape index (κ1) is 19.0. The van der Waals surface area contributed by atoms with Gasteiger partial charge in [-0.05, 0) is 61.1 Å². The van der Waals surface area contributed by atoms with Crippen molar-refractivity contribution < 1.29 is 0 Å². The van der Waals surface area contributed by atoms with E-state index < -0.39 is 0 Å². The van der Waals surface area contributed by atoms with Crippen LogP contribution in [0.1, 0.15) is 0 Å². The molecule has 0 saturated carbocycles. The maximum atomic E-state index is 4.88. The summed E-state index contributed by atoms with van der Waals surface area (Å²) in [5.41, 5.74) is 5.85. The number of pyridine rings is 1. The molecule has 0 saturated heterocycles. The van der Waals surface area contributed by atoms with Crippen molar-refractivity contribution in [3.05, 3.63) is 128 Å². The molecule has 0 amide bonds. The lowest BCUT2D eigenvalue weighted by atomic mass is 9.89. The van der Waals surface area contributed by atoms with Crippen LogP contribution in [0.25, 0.3) is 65.5 Å². The van der Waals surface area contributed by atoms with Gasteiger partial charge in [-0.2, -0.15) is 0 Å². The van der Waals surface area contributed by atoms with Crippen molar-refractivity contribution in [2.45, 2.75) is 0 Å². The Morgan fingerprint density at radius 2 is 1.09 bits per heavy atom. The largest absolute Gasteiger partial charge is 0.256 e. The average molecular weight is 432 g/mol. The van der Waals surface area contributed by atoms with Crippen LogP contribution in [0.3, 0.4) is 0 Å². The molecule has 0 aliphatic heterocycles. The maximum Gasteiger partial charge on any atom is 0.0786 e. The molecule has 0 atom stereocenters. The van der Waals surface area contributed by atoms with E-state index >= 15 is 0 Å². The van der Waals surface area contributed by atoms with E-state index in [0.29, 0.717) is 0 Å². The van der Waals surface area contributed by atoms with Gasteiger partial charge in [-0.1, -0.05) is 109 Å². The van der Waals surface area contributed by atoms with Crippen molar-refractivity contribution in [2.24, 2.45) is 0 Å². The first-order valence-electron chi connectivity index (χ1n) is 11.7. The summed E-state index contributed by atoms with van der Waals surface area (Å²) >= 11 is 0. The van der Waals surface area contributed by atoms with Gasteiger partial charge in [0.2, 0.25) is 0 Å². The molecule has 0 spiro atoms. The van der Waals surface area contributed by atoms with Gasteiger partial charge in [0.1, 0.15) is 0 Å². The van der Waals surface area contributed by atoms with Crippen LogP contribution in [0.5, 0.6) is 0 Å². The zero-order valence-electron chi connectivity index (χ0n) is 18.6. The number of hydrogen-bond donors (Lipinski definition) is 0. The summed E-state index contributed by atoms with van der Waals surface area (Å²) in [5, 5.41) is 8.85.